The average Bonchev–Trinajstić information content (AvgIpc) is 3.19. The molecule has 3 rings (SSSR count). The maximum absolute atomic E-state index is 13.0. The summed E-state index contributed by atoms with van der Waals surface area (Å²) in [4.78, 5) is 30.5. The molecule has 1 aliphatic rings. The molecule has 2 heterocycles. The second-order valence-corrected chi connectivity index (χ2v) is 11.4. The number of hydrogen-bond acceptors (Lipinski definition) is 8. The number of rotatable bonds is 8. The Bertz CT molecular complexity index is 1080. The van der Waals surface area contributed by atoms with Crippen LogP contribution in [0.25, 0.3) is 0 Å². The third-order valence-corrected chi connectivity index (χ3v) is 9.13. The number of aryl methyl sites for hydroxylation is 2. The van der Waals surface area contributed by atoms with E-state index >= 15 is 0 Å². The highest BCUT2D eigenvalue weighted by Gasteiger charge is 2.31. The minimum atomic E-state index is -3.58. The largest absolute Gasteiger partial charge is 0.466 e. The monoisotopic (exact) mass is 497 g/mol. The summed E-state index contributed by atoms with van der Waals surface area (Å²) in [6, 6.07) is 5.31. The van der Waals surface area contributed by atoms with Crippen LogP contribution in [0.5, 0.6) is 0 Å². The van der Waals surface area contributed by atoms with E-state index in [9.17, 15) is 18.0 Å². The number of ether oxygens (including phenoxy) is 1. The second-order valence-electron chi connectivity index (χ2n) is 7.43. The third-order valence-electron chi connectivity index (χ3n) is 5.02. The van der Waals surface area contributed by atoms with E-state index in [0.29, 0.717) is 34.6 Å². The number of benzene rings is 1. The maximum Gasteiger partial charge on any atom is 0.311 e. The smallest absolute Gasteiger partial charge is 0.311 e. The van der Waals surface area contributed by atoms with Gasteiger partial charge in [0.05, 0.1) is 29.4 Å². The normalized spacial score (nSPS) is 15.0. The van der Waals surface area contributed by atoms with Gasteiger partial charge >= 0.3 is 5.97 Å². The quantitative estimate of drug-likeness (QED) is 0.408. The minimum Gasteiger partial charge on any atom is -0.466 e. The van der Waals surface area contributed by atoms with Crippen LogP contribution in [0.3, 0.4) is 0 Å². The predicted molar refractivity (Wildman–Crippen MR) is 124 cm³/mol. The van der Waals surface area contributed by atoms with Gasteiger partial charge < -0.3 is 9.64 Å². The van der Waals surface area contributed by atoms with Crippen molar-refractivity contribution in [2.75, 3.05) is 38.5 Å². The summed E-state index contributed by atoms with van der Waals surface area (Å²) in [5.74, 6) is -0.157. The third kappa shape index (κ3) is 6.09. The number of amides is 1. The highest BCUT2D eigenvalue weighted by Crippen LogP contribution is 2.25. The molecule has 0 spiro atoms. The van der Waals surface area contributed by atoms with Gasteiger partial charge in [0.1, 0.15) is 0 Å². The van der Waals surface area contributed by atoms with Crippen LogP contribution in [0.2, 0.25) is 0 Å². The first-order valence-corrected chi connectivity index (χ1v) is 13.6. The first-order valence-electron chi connectivity index (χ1n) is 10.3. The van der Waals surface area contributed by atoms with E-state index in [2.05, 4.69) is 4.98 Å². The highest BCUT2D eigenvalue weighted by molar-refractivity contribution is 8.01. The van der Waals surface area contributed by atoms with Crippen LogP contribution in [0.15, 0.2) is 32.8 Å². The van der Waals surface area contributed by atoms with Gasteiger partial charge in [-0.1, -0.05) is 29.5 Å². The first-order chi connectivity index (χ1) is 15.2. The summed E-state index contributed by atoms with van der Waals surface area (Å²) in [6.45, 7) is 7.07. The lowest BCUT2D eigenvalue weighted by atomic mass is 10.2. The molecule has 1 aromatic heterocycles. The Morgan fingerprint density at radius 2 is 1.91 bits per heavy atom. The van der Waals surface area contributed by atoms with Gasteiger partial charge in [0.15, 0.2) is 4.34 Å². The molecule has 1 aliphatic heterocycles. The van der Waals surface area contributed by atoms with Crippen molar-refractivity contribution in [1.29, 1.82) is 0 Å². The Balaban J connectivity index is 1.50. The molecule has 0 unspecified atom stereocenters. The van der Waals surface area contributed by atoms with Gasteiger partial charge in [0.25, 0.3) is 0 Å². The molecule has 2 aromatic rings. The summed E-state index contributed by atoms with van der Waals surface area (Å²) in [7, 11) is -3.58. The molecule has 1 saturated heterocycles. The fraction of sp³-hybridized carbons (Fsp3) is 0.476. The lowest BCUT2D eigenvalue weighted by Gasteiger charge is -2.34. The fourth-order valence-corrected chi connectivity index (χ4v) is 6.79. The zero-order chi connectivity index (χ0) is 23.3. The van der Waals surface area contributed by atoms with Gasteiger partial charge in [-0.25, -0.2) is 13.4 Å². The van der Waals surface area contributed by atoms with E-state index in [1.54, 1.807) is 36.3 Å². The zero-order valence-electron chi connectivity index (χ0n) is 18.4. The van der Waals surface area contributed by atoms with Gasteiger partial charge in [0.2, 0.25) is 15.9 Å². The van der Waals surface area contributed by atoms with E-state index in [4.69, 9.17) is 4.74 Å². The van der Waals surface area contributed by atoms with Crippen LogP contribution in [0.4, 0.5) is 0 Å². The van der Waals surface area contributed by atoms with Crippen LogP contribution in [0.1, 0.15) is 23.7 Å². The molecule has 0 atom stereocenters. The first kappa shape index (κ1) is 24.7. The van der Waals surface area contributed by atoms with Crippen molar-refractivity contribution < 1.29 is 22.7 Å². The Morgan fingerprint density at radius 1 is 1.19 bits per heavy atom. The zero-order valence-corrected chi connectivity index (χ0v) is 20.8. The molecule has 1 fully saturated rings. The number of thioether (sulfide) groups is 1. The Labute approximate surface area is 197 Å². The number of thiazole rings is 1. The average molecular weight is 498 g/mol. The van der Waals surface area contributed by atoms with Gasteiger partial charge in [-0.3, -0.25) is 9.59 Å². The van der Waals surface area contributed by atoms with E-state index in [1.807, 2.05) is 13.0 Å². The molecule has 0 N–H and O–H groups in total. The van der Waals surface area contributed by atoms with Crippen molar-refractivity contribution in [2.45, 2.75) is 36.4 Å². The van der Waals surface area contributed by atoms with E-state index in [1.165, 1.54) is 27.4 Å². The molecule has 1 amide bonds. The standard InChI is InChI=1S/C21H27N3O5S3/c1-4-29-20(26)12-17-13-30-21(22-17)31-14-19(25)23-7-9-24(10-8-23)32(27,28)18-6-5-15(2)11-16(18)3/h5-6,11,13H,4,7-10,12,14H2,1-3H3. The molecular formula is C21H27N3O5S3. The van der Waals surface area contributed by atoms with Crippen molar-refractivity contribution in [2.24, 2.45) is 0 Å². The number of esters is 1. The van der Waals surface area contributed by atoms with Crippen LogP contribution in [-0.4, -0.2) is 73.0 Å². The van der Waals surface area contributed by atoms with Crippen molar-refractivity contribution >= 4 is 45.0 Å². The lowest BCUT2D eigenvalue weighted by molar-refractivity contribution is -0.142. The molecule has 0 radical (unpaired) electrons. The topological polar surface area (TPSA) is 96.9 Å². The van der Waals surface area contributed by atoms with Crippen molar-refractivity contribution in [3.63, 3.8) is 0 Å². The van der Waals surface area contributed by atoms with Gasteiger partial charge in [-0.2, -0.15) is 4.31 Å². The molecule has 0 saturated carbocycles. The Hall–Kier alpha value is -1.95. The van der Waals surface area contributed by atoms with Crippen LogP contribution in [-0.2, 0) is 30.8 Å². The minimum absolute atomic E-state index is 0.0549. The van der Waals surface area contributed by atoms with Gasteiger partial charge in [0, 0.05) is 31.6 Å². The molecule has 11 heteroatoms. The van der Waals surface area contributed by atoms with Crippen molar-refractivity contribution in [3.8, 4) is 0 Å². The number of piperazine rings is 1. The molecule has 1 aromatic carbocycles. The Morgan fingerprint density at radius 3 is 2.56 bits per heavy atom. The number of carbonyl (C=O) groups excluding carboxylic acids is 2. The molecule has 8 nitrogen and oxygen atoms in total. The number of nitrogens with zero attached hydrogens (tertiary/aromatic N) is 3. The van der Waals surface area contributed by atoms with Crippen molar-refractivity contribution in [1.82, 2.24) is 14.2 Å². The van der Waals surface area contributed by atoms with E-state index < -0.39 is 10.0 Å². The fourth-order valence-electron chi connectivity index (χ4n) is 3.42. The lowest BCUT2D eigenvalue weighted by Crippen LogP contribution is -2.51. The molecular weight excluding hydrogens is 470 g/mol. The summed E-state index contributed by atoms with van der Waals surface area (Å²) < 4.78 is 33.1. The SMILES string of the molecule is CCOC(=O)Cc1csc(SCC(=O)N2CCN(S(=O)(=O)c3ccc(C)cc3C)CC2)n1. The highest BCUT2D eigenvalue weighted by atomic mass is 32.2. The van der Waals surface area contributed by atoms with Crippen LogP contribution >= 0.6 is 23.1 Å². The maximum atomic E-state index is 13.0. The summed E-state index contributed by atoms with van der Waals surface area (Å²) in [5, 5.41) is 1.79. The molecule has 0 bridgehead atoms. The molecule has 174 valence electrons. The summed E-state index contributed by atoms with van der Waals surface area (Å²) in [6.07, 6.45) is 0.121. The summed E-state index contributed by atoms with van der Waals surface area (Å²) in [5.41, 5.74) is 2.38. The molecule has 32 heavy (non-hydrogen) atoms. The van der Waals surface area contributed by atoms with Gasteiger partial charge in [-0.05, 0) is 32.4 Å². The number of hydrogen-bond donors (Lipinski definition) is 0. The Kier molecular flexibility index (Phi) is 8.32. The number of carbonyl (C=O) groups is 2. The number of aromatic nitrogens is 1. The van der Waals surface area contributed by atoms with Crippen LogP contribution in [0, 0.1) is 13.8 Å². The molecule has 0 aliphatic carbocycles. The second kappa shape index (κ2) is 10.8. The van der Waals surface area contributed by atoms with Crippen LogP contribution < -0.4 is 0 Å². The van der Waals surface area contributed by atoms with E-state index in [-0.39, 0.29) is 37.1 Å². The van der Waals surface area contributed by atoms with Crippen molar-refractivity contribution in [3.05, 3.63) is 40.4 Å². The van der Waals surface area contributed by atoms with E-state index in [0.717, 1.165) is 11.1 Å². The summed E-state index contributed by atoms with van der Waals surface area (Å²) >= 11 is 2.71. The predicted octanol–water partition coefficient (Wildman–Crippen LogP) is 2.49. The van der Waals surface area contributed by atoms with Gasteiger partial charge in [-0.15, -0.1) is 11.3 Å². The number of sulfonamides is 1.